The minimum atomic E-state index is -0.403. The molecular weight excluding hydrogens is 407 g/mol. The smallest absolute Gasteiger partial charge is 0.325 e. The van der Waals surface area contributed by atoms with E-state index in [0.29, 0.717) is 32.2 Å². The molecule has 0 unspecified atom stereocenters. The quantitative estimate of drug-likeness (QED) is 0.525. The van der Waals surface area contributed by atoms with Crippen LogP contribution in [0.2, 0.25) is 10.0 Å². The van der Waals surface area contributed by atoms with Crippen LogP contribution in [0.3, 0.4) is 0 Å². The van der Waals surface area contributed by atoms with Crippen LogP contribution in [-0.2, 0) is 11.2 Å². The van der Waals surface area contributed by atoms with Crippen LogP contribution in [0, 0.1) is 0 Å². The molecule has 3 amide bonds. The molecule has 0 bridgehead atoms. The van der Waals surface area contributed by atoms with E-state index in [1.165, 1.54) is 11.3 Å². The molecule has 1 heterocycles. The van der Waals surface area contributed by atoms with Gasteiger partial charge in [0.15, 0.2) is 5.13 Å². The van der Waals surface area contributed by atoms with Crippen molar-refractivity contribution in [3.05, 3.63) is 69.7 Å². The molecule has 2 aromatic carbocycles. The lowest BCUT2D eigenvalue weighted by atomic mass is 10.3. The van der Waals surface area contributed by atoms with Crippen molar-refractivity contribution in [2.45, 2.75) is 6.42 Å². The number of hydrogen-bond donors (Lipinski definition) is 3. The van der Waals surface area contributed by atoms with Crippen LogP contribution in [0.25, 0.3) is 0 Å². The third-order valence-electron chi connectivity index (χ3n) is 3.29. The molecule has 0 spiro atoms. The number of carbonyl (C=O) groups is 2. The van der Waals surface area contributed by atoms with E-state index in [1.807, 2.05) is 18.2 Å². The van der Waals surface area contributed by atoms with Gasteiger partial charge in [0, 0.05) is 26.8 Å². The molecular formula is C18H14Cl2N4O2S. The van der Waals surface area contributed by atoms with Crippen LogP contribution < -0.4 is 16.0 Å². The molecule has 0 saturated heterocycles. The van der Waals surface area contributed by atoms with E-state index in [2.05, 4.69) is 20.9 Å². The molecule has 0 atom stereocenters. The van der Waals surface area contributed by atoms with E-state index in [0.717, 1.165) is 0 Å². The van der Waals surface area contributed by atoms with Gasteiger partial charge in [-0.05, 0) is 30.3 Å². The van der Waals surface area contributed by atoms with Crippen LogP contribution in [0.4, 0.5) is 21.3 Å². The Morgan fingerprint density at radius 1 is 0.926 bits per heavy atom. The van der Waals surface area contributed by atoms with Gasteiger partial charge in [-0.25, -0.2) is 9.78 Å². The highest BCUT2D eigenvalue weighted by atomic mass is 35.5. The summed E-state index contributed by atoms with van der Waals surface area (Å²) in [6.45, 7) is 0. The topological polar surface area (TPSA) is 83.1 Å². The van der Waals surface area contributed by atoms with Gasteiger partial charge in [0.1, 0.15) is 0 Å². The normalized spacial score (nSPS) is 10.3. The van der Waals surface area contributed by atoms with Gasteiger partial charge in [0.25, 0.3) is 0 Å². The molecule has 0 fully saturated rings. The predicted octanol–water partition coefficient (Wildman–Crippen LogP) is 5.28. The van der Waals surface area contributed by atoms with Crippen LogP contribution in [0.1, 0.15) is 5.69 Å². The van der Waals surface area contributed by atoms with Crippen molar-refractivity contribution in [2.24, 2.45) is 0 Å². The summed E-state index contributed by atoms with van der Waals surface area (Å²) in [5, 5.41) is 11.0. The van der Waals surface area contributed by atoms with Crippen molar-refractivity contribution in [3.63, 3.8) is 0 Å². The summed E-state index contributed by atoms with van der Waals surface area (Å²) in [6, 6.07) is 13.4. The van der Waals surface area contributed by atoms with E-state index < -0.39 is 6.03 Å². The highest BCUT2D eigenvalue weighted by Crippen LogP contribution is 2.23. The Kier molecular flexibility index (Phi) is 6.28. The predicted molar refractivity (Wildman–Crippen MR) is 110 cm³/mol. The Morgan fingerprint density at radius 2 is 1.63 bits per heavy atom. The first-order valence-corrected chi connectivity index (χ1v) is 9.45. The summed E-state index contributed by atoms with van der Waals surface area (Å²) in [4.78, 5) is 28.3. The molecule has 9 heteroatoms. The zero-order valence-corrected chi connectivity index (χ0v) is 16.2. The van der Waals surface area contributed by atoms with Crippen molar-refractivity contribution in [2.75, 3.05) is 16.0 Å². The number of rotatable bonds is 5. The molecule has 3 N–H and O–H groups in total. The summed E-state index contributed by atoms with van der Waals surface area (Å²) >= 11 is 13.1. The third-order valence-corrected chi connectivity index (χ3v) is 4.53. The minimum absolute atomic E-state index is 0.0582. The number of anilines is 3. The molecule has 27 heavy (non-hydrogen) atoms. The minimum Gasteiger partial charge on any atom is -0.326 e. The number of thiazole rings is 1. The number of aromatic nitrogens is 1. The molecule has 0 aliphatic rings. The number of hydrogen-bond acceptors (Lipinski definition) is 4. The van der Waals surface area contributed by atoms with Crippen LogP contribution in [0.5, 0.6) is 0 Å². The Labute approximate surface area is 169 Å². The first-order chi connectivity index (χ1) is 13.0. The van der Waals surface area contributed by atoms with Gasteiger partial charge in [-0.1, -0.05) is 41.4 Å². The number of amides is 3. The highest BCUT2D eigenvalue weighted by molar-refractivity contribution is 7.14. The summed E-state index contributed by atoms with van der Waals surface area (Å²) in [6.07, 6.45) is 0.0582. The monoisotopic (exact) mass is 420 g/mol. The molecule has 0 saturated carbocycles. The zero-order valence-electron chi connectivity index (χ0n) is 13.8. The Balaban J connectivity index is 1.54. The maximum absolute atomic E-state index is 12.1. The van der Waals surface area contributed by atoms with Gasteiger partial charge in [0.05, 0.1) is 12.1 Å². The Hall–Kier alpha value is -2.61. The van der Waals surface area contributed by atoms with Crippen molar-refractivity contribution in [3.8, 4) is 0 Å². The number of para-hydroxylation sites is 1. The van der Waals surface area contributed by atoms with E-state index in [4.69, 9.17) is 23.2 Å². The average Bonchev–Trinajstić information content (AvgIpc) is 3.01. The second-order valence-corrected chi connectivity index (χ2v) is 7.20. The molecule has 3 aromatic rings. The molecule has 0 radical (unpaired) electrons. The standard InChI is InChI=1S/C18H14Cl2N4O2S/c19-11-6-12(20)8-14(7-11)21-16(25)9-15-10-27-18(23-15)24-17(26)22-13-4-2-1-3-5-13/h1-8,10H,9H2,(H,21,25)(H2,22,23,24,26). The number of halogens is 2. The fraction of sp³-hybridized carbons (Fsp3) is 0.0556. The molecule has 0 aliphatic heterocycles. The number of urea groups is 1. The number of benzene rings is 2. The van der Waals surface area contributed by atoms with E-state index in [9.17, 15) is 9.59 Å². The van der Waals surface area contributed by atoms with Gasteiger partial charge in [0.2, 0.25) is 5.91 Å². The first-order valence-electron chi connectivity index (χ1n) is 7.81. The average molecular weight is 421 g/mol. The highest BCUT2D eigenvalue weighted by Gasteiger charge is 2.11. The van der Waals surface area contributed by atoms with Crippen molar-refractivity contribution >= 4 is 63.0 Å². The SMILES string of the molecule is O=C(Cc1csc(NC(=O)Nc2ccccc2)n1)Nc1cc(Cl)cc(Cl)c1. The fourth-order valence-electron chi connectivity index (χ4n) is 2.22. The van der Waals surface area contributed by atoms with Crippen molar-refractivity contribution < 1.29 is 9.59 Å². The van der Waals surface area contributed by atoms with E-state index in [-0.39, 0.29) is 12.3 Å². The maximum Gasteiger partial charge on any atom is 0.325 e. The summed E-state index contributed by atoms with van der Waals surface area (Å²) in [5.41, 5.74) is 1.72. The third kappa shape index (κ3) is 5.96. The number of nitrogens with zero attached hydrogens (tertiary/aromatic N) is 1. The molecule has 1 aromatic heterocycles. The molecule has 6 nitrogen and oxygen atoms in total. The maximum atomic E-state index is 12.1. The Morgan fingerprint density at radius 3 is 2.33 bits per heavy atom. The Bertz CT molecular complexity index is 943. The van der Waals surface area contributed by atoms with Gasteiger partial charge in [-0.3, -0.25) is 10.1 Å². The second-order valence-electron chi connectivity index (χ2n) is 5.47. The lowest BCUT2D eigenvalue weighted by Gasteiger charge is -2.05. The van der Waals surface area contributed by atoms with Crippen LogP contribution in [-0.4, -0.2) is 16.9 Å². The van der Waals surface area contributed by atoms with Gasteiger partial charge < -0.3 is 10.6 Å². The molecule has 138 valence electrons. The number of carbonyl (C=O) groups excluding carboxylic acids is 2. The summed E-state index contributed by atoms with van der Waals surface area (Å²) < 4.78 is 0. The van der Waals surface area contributed by atoms with Crippen molar-refractivity contribution in [1.29, 1.82) is 0 Å². The van der Waals surface area contributed by atoms with Gasteiger partial charge in [-0.2, -0.15) is 0 Å². The largest absolute Gasteiger partial charge is 0.326 e. The lowest BCUT2D eigenvalue weighted by molar-refractivity contribution is -0.115. The zero-order chi connectivity index (χ0) is 19.2. The van der Waals surface area contributed by atoms with E-state index >= 15 is 0 Å². The fourth-order valence-corrected chi connectivity index (χ4v) is 3.45. The lowest BCUT2D eigenvalue weighted by Crippen LogP contribution is -2.19. The summed E-state index contributed by atoms with van der Waals surface area (Å²) in [5.74, 6) is -0.265. The number of nitrogens with one attached hydrogen (secondary N) is 3. The first kappa shape index (κ1) is 19.2. The molecule has 3 rings (SSSR count). The second kappa shape index (κ2) is 8.85. The van der Waals surface area contributed by atoms with Crippen LogP contribution >= 0.6 is 34.5 Å². The summed E-state index contributed by atoms with van der Waals surface area (Å²) in [7, 11) is 0. The van der Waals surface area contributed by atoms with E-state index in [1.54, 1.807) is 35.7 Å². The van der Waals surface area contributed by atoms with Gasteiger partial charge in [-0.15, -0.1) is 11.3 Å². The van der Waals surface area contributed by atoms with Crippen LogP contribution in [0.15, 0.2) is 53.9 Å². The van der Waals surface area contributed by atoms with Crippen molar-refractivity contribution in [1.82, 2.24) is 4.98 Å². The van der Waals surface area contributed by atoms with Gasteiger partial charge >= 0.3 is 6.03 Å². The molecule has 0 aliphatic carbocycles.